The summed E-state index contributed by atoms with van der Waals surface area (Å²) in [7, 11) is 0. The maximum absolute atomic E-state index is 6.15. The van der Waals surface area contributed by atoms with Gasteiger partial charge in [0.15, 0.2) is 5.96 Å². The molecule has 164 valence electrons. The minimum atomic E-state index is 0. The highest BCUT2D eigenvalue weighted by molar-refractivity contribution is 14.0. The highest BCUT2D eigenvalue weighted by atomic mass is 127. The van der Waals surface area contributed by atoms with Crippen LogP contribution >= 0.6 is 24.0 Å². The molecular formula is C23H39IN4O. The van der Waals surface area contributed by atoms with Crippen LogP contribution in [0.1, 0.15) is 56.3 Å². The lowest BCUT2D eigenvalue weighted by atomic mass is 9.89. The third-order valence-electron chi connectivity index (χ3n) is 5.85. The molecule has 2 aliphatic heterocycles. The molecule has 0 saturated carbocycles. The quantitative estimate of drug-likeness (QED) is 0.327. The fourth-order valence-corrected chi connectivity index (χ4v) is 4.22. The molecule has 0 spiro atoms. The molecule has 0 radical (unpaired) electrons. The van der Waals surface area contributed by atoms with Crippen LogP contribution in [0, 0.1) is 12.8 Å². The van der Waals surface area contributed by atoms with E-state index in [9.17, 15) is 0 Å². The third-order valence-corrected chi connectivity index (χ3v) is 5.85. The molecule has 0 aliphatic carbocycles. The lowest BCUT2D eigenvalue weighted by Crippen LogP contribution is -2.43. The number of halogens is 1. The summed E-state index contributed by atoms with van der Waals surface area (Å²) in [4.78, 5) is 7.47. The van der Waals surface area contributed by atoms with Gasteiger partial charge in [-0.2, -0.15) is 0 Å². The lowest BCUT2D eigenvalue weighted by Gasteiger charge is -2.31. The van der Waals surface area contributed by atoms with Gasteiger partial charge in [0.05, 0.1) is 6.10 Å². The van der Waals surface area contributed by atoms with Gasteiger partial charge in [0.25, 0.3) is 0 Å². The highest BCUT2D eigenvalue weighted by Gasteiger charge is 2.27. The summed E-state index contributed by atoms with van der Waals surface area (Å²) in [6.07, 6.45) is 6.54. The Morgan fingerprint density at radius 2 is 1.86 bits per heavy atom. The van der Waals surface area contributed by atoms with E-state index in [0.29, 0.717) is 5.92 Å². The first-order valence-electron chi connectivity index (χ1n) is 11.2. The molecule has 2 saturated heterocycles. The van der Waals surface area contributed by atoms with Gasteiger partial charge in [0.1, 0.15) is 0 Å². The number of likely N-dealkylation sites (tertiary alicyclic amines) is 1. The molecule has 2 aliphatic rings. The topological polar surface area (TPSA) is 48.9 Å². The number of nitrogens with zero attached hydrogens (tertiary/aromatic N) is 2. The minimum absolute atomic E-state index is 0. The molecular weight excluding hydrogens is 475 g/mol. The van der Waals surface area contributed by atoms with Crippen molar-refractivity contribution in [2.45, 2.75) is 52.1 Å². The summed E-state index contributed by atoms with van der Waals surface area (Å²) >= 11 is 0. The molecule has 1 aromatic carbocycles. The zero-order chi connectivity index (χ0) is 19.6. The molecule has 2 fully saturated rings. The monoisotopic (exact) mass is 514 g/mol. The number of ether oxygens (including phenoxy) is 1. The summed E-state index contributed by atoms with van der Waals surface area (Å²) in [5, 5.41) is 6.93. The molecule has 0 bridgehead atoms. The van der Waals surface area contributed by atoms with Crippen LogP contribution in [-0.2, 0) is 4.74 Å². The van der Waals surface area contributed by atoms with E-state index in [4.69, 9.17) is 9.73 Å². The van der Waals surface area contributed by atoms with Crippen LogP contribution in [0.5, 0.6) is 0 Å². The molecule has 0 amide bonds. The van der Waals surface area contributed by atoms with Crippen LogP contribution < -0.4 is 10.6 Å². The van der Waals surface area contributed by atoms with Crippen molar-refractivity contribution in [2.24, 2.45) is 10.9 Å². The summed E-state index contributed by atoms with van der Waals surface area (Å²) < 4.78 is 6.15. The highest BCUT2D eigenvalue weighted by Crippen LogP contribution is 2.33. The Morgan fingerprint density at radius 3 is 2.59 bits per heavy atom. The summed E-state index contributed by atoms with van der Waals surface area (Å²) in [5.41, 5.74) is 2.58. The van der Waals surface area contributed by atoms with Crippen molar-refractivity contribution in [3.8, 4) is 0 Å². The Labute approximate surface area is 194 Å². The standard InChI is InChI=1S/C23H38N4O.HI/c1-3-24-23(25-13-16-27-14-5-4-6-15-27)26-18-21-8-7-17-28-22(21)20-11-9-19(2)10-12-20;/h9-12,21-22H,3-8,13-18H2,1-2H3,(H2,24,25,26);1H. The van der Waals surface area contributed by atoms with E-state index in [1.807, 2.05) is 0 Å². The maximum Gasteiger partial charge on any atom is 0.191 e. The van der Waals surface area contributed by atoms with Crippen LogP contribution in [0.4, 0.5) is 0 Å². The number of piperidine rings is 1. The second kappa shape index (κ2) is 13.4. The van der Waals surface area contributed by atoms with Crippen LogP contribution in [-0.4, -0.2) is 56.7 Å². The van der Waals surface area contributed by atoms with Crippen LogP contribution in [0.2, 0.25) is 0 Å². The van der Waals surface area contributed by atoms with E-state index >= 15 is 0 Å². The minimum Gasteiger partial charge on any atom is -0.373 e. The average molecular weight is 514 g/mol. The number of aliphatic imine (C=N–C) groups is 1. The predicted octanol–water partition coefficient (Wildman–Crippen LogP) is 4.12. The normalized spacial score (nSPS) is 23.3. The molecule has 5 nitrogen and oxygen atoms in total. The van der Waals surface area contributed by atoms with Gasteiger partial charge in [-0.15, -0.1) is 24.0 Å². The zero-order valence-corrected chi connectivity index (χ0v) is 20.5. The third kappa shape index (κ3) is 8.06. The fraction of sp³-hybridized carbons (Fsp3) is 0.696. The Bertz CT molecular complexity index is 601. The van der Waals surface area contributed by atoms with Crippen molar-refractivity contribution in [3.63, 3.8) is 0 Å². The van der Waals surface area contributed by atoms with Crippen molar-refractivity contribution in [1.29, 1.82) is 0 Å². The zero-order valence-electron chi connectivity index (χ0n) is 18.2. The van der Waals surface area contributed by atoms with E-state index in [-0.39, 0.29) is 30.1 Å². The molecule has 2 N–H and O–H groups in total. The number of hydrogen-bond donors (Lipinski definition) is 2. The molecule has 0 aromatic heterocycles. The number of hydrogen-bond acceptors (Lipinski definition) is 3. The first kappa shape index (κ1) is 24.4. The molecule has 1 aromatic rings. The Balaban J connectivity index is 0.00000300. The summed E-state index contributed by atoms with van der Waals surface area (Å²) in [6.45, 7) is 11.3. The largest absolute Gasteiger partial charge is 0.373 e. The van der Waals surface area contributed by atoms with Gasteiger partial charge in [-0.25, -0.2) is 0 Å². The first-order valence-corrected chi connectivity index (χ1v) is 11.2. The lowest BCUT2D eigenvalue weighted by molar-refractivity contribution is -0.0250. The number of rotatable bonds is 7. The summed E-state index contributed by atoms with van der Waals surface area (Å²) in [5.74, 6) is 1.38. The molecule has 2 heterocycles. The second-order valence-corrected chi connectivity index (χ2v) is 8.15. The van der Waals surface area contributed by atoms with Gasteiger partial charge in [0, 0.05) is 38.7 Å². The van der Waals surface area contributed by atoms with Gasteiger partial charge < -0.3 is 20.3 Å². The van der Waals surface area contributed by atoms with Gasteiger partial charge in [-0.1, -0.05) is 36.2 Å². The van der Waals surface area contributed by atoms with Crippen molar-refractivity contribution < 1.29 is 4.74 Å². The van der Waals surface area contributed by atoms with Gasteiger partial charge in [-0.05, 0) is 58.2 Å². The number of aryl methyl sites for hydroxylation is 1. The predicted molar refractivity (Wildman–Crippen MR) is 132 cm³/mol. The molecule has 2 atom stereocenters. The number of benzene rings is 1. The van der Waals surface area contributed by atoms with Gasteiger partial charge >= 0.3 is 0 Å². The van der Waals surface area contributed by atoms with E-state index in [1.165, 1.54) is 49.9 Å². The van der Waals surface area contributed by atoms with E-state index in [0.717, 1.165) is 45.2 Å². The Kier molecular flexibility index (Phi) is 11.3. The average Bonchev–Trinajstić information content (AvgIpc) is 2.74. The van der Waals surface area contributed by atoms with Crippen LogP contribution in [0.3, 0.4) is 0 Å². The van der Waals surface area contributed by atoms with Gasteiger partial charge in [-0.3, -0.25) is 4.99 Å². The van der Waals surface area contributed by atoms with Gasteiger partial charge in [0.2, 0.25) is 0 Å². The van der Waals surface area contributed by atoms with Crippen LogP contribution in [0.25, 0.3) is 0 Å². The fourth-order valence-electron chi connectivity index (χ4n) is 4.22. The Hall–Kier alpha value is -0.860. The number of nitrogens with one attached hydrogen (secondary N) is 2. The first-order chi connectivity index (χ1) is 13.8. The Morgan fingerprint density at radius 1 is 1.10 bits per heavy atom. The summed E-state index contributed by atoms with van der Waals surface area (Å²) in [6, 6.07) is 8.79. The molecule has 2 unspecified atom stereocenters. The number of guanidine groups is 1. The van der Waals surface area contributed by atoms with E-state index < -0.39 is 0 Å². The van der Waals surface area contributed by atoms with Crippen LogP contribution in [0.15, 0.2) is 29.3 Å². The molecule has 3 rings (SSSR count). The SMILES string of the molecule is CCNC(=NCC1CCCOC1c1ccc(C)cc1)NCCN1CCCCC1.I. The van der Waals surface area contributed by atoms with Crippen molar-refractivity contribution in [1.82, 2.24) is 15.5 Å². The van der Waals surface area contributed by atoms with E-state index in [1.54, 1.807) is 0 Å². The van der Waals surface area contributed by atoms with Crippen molar-refractivity contribution in [3.05, 3.63) is 35.4 Å². The molecule has 6 heteroatoms. The van der Waals surface area contributed by atoms with E-state index in [2.05, 4.69) is 53.6 Å². The van der Waals surface area contributed by atoms with Crippen molar-refractivity contribution in [2.75, 3.05) is 45.9 Å². The maximum atomic E-state index is 6.15. The smallest absolute Gasteiger partial charge is 0.191 e. The second-order valence-electron chi connectivity index (χ2n) is 8.15. The molecule has 29 heavy (non-hydrogen) atoms. The van der Waals surface area contributed by atoms with Crippen molar-refractivity contribution >= 4 is 29.9 Å².